The third-order valence-electron chi connectivity index (χ3n) is 4.56. The fraction of sp³-hybridized carbons (Fsp3) is 0.619. The van der Waals surface area contributed by atoms with Gasteiger partial charge in [-0.2, -0.15) is 0 Å². The molecule has 1 aromatic carbocycles. The van der Waals surface area contributed by atoms with Crippen molar-refractivity contribution in [3.8, 4) is 5.75 Å². The lowest BCUT2D eigenvalue weighted by atomic mass is 10.2. The fourth-order valence-corrected chi connectivity index (χ4v) is 2.99. The molecule has 0 aromatic heterocycles. The summed E-state index contributed by atoms with van der Waals surface area (Å²) in [5.41, 5.74) is 1.10. The summed E-state index contributed by atoms with van der Waals surface area (Å²) in [5.74, 6) is 1.74. The molecule has 1 N–H and O–H groups in total. The van der Waals surface area contributed by atoms with E-state index in [1.165, 1.54) is 0 Å². The summed E-state index contributed by atoms with van der Waals surface area (Å²) in [7, 11) is 4.06. The van der Waals surface area contributed by atoms with Gasteiger partial charge in [-0.15, -0.1) is 0 Å². The molecule has 0 saturated carbocycles. The van der Waals surface area contributed by atoms with Gasteiger partial charge in [0.25, 0.3) is 0 Å². The van der Waals surface area contributed by atoms with Crippen LogP contribution >= 0.6 is 0 Å². The van der Waals surface area contributed by atoms with Crippen molar-refractivity contribution in [2.45, 2.75) is 20.4 Å². The molecule has 0 atom stereocenters. The Kier molecular flexibility index (Phi) is 9.56. The molecule has 0 radical (unpaired) electrons. The number of guanidine groups is 1. The second-order valence-corrected chi connectivity index (χ2v) is 7.14. The number of nitrogens with zero attached hydrogens (tertiary/aromatic N) is 4. The van der Waals surface area contributed by atoms with Crippen LogP contribution in [0.1, 0.15) is 19.4 Å². The molecule has 1 aliphatic heterocycles. The average Bonchev–Trinajstić information content (AvgIpc) is 2.71. The molecule has 0 spiro atoms. The summed E-state index contributed by atoms with van der Waals surface area (Å²) in [6.07, 6.45) is -0.236. The minimum Gasteiger partial charge on any atom is -0.492 e. The van der Waals surface area contributed by atoms with Crippen LogP contribution in [0.25, 0.3) is 0 Å². The Bertz CT molecular complexity index is 657. The van der Waals surface area contributed by atoms with Gasteiger partial charge in [-0.3, -0.25) is 0 Å². The van der Waals surface area contributed by atoms with E-state index in [0.717, 1.165) is 43.5 Å². The molecule has 0 aliphatic carbocycles. The number of rotatable bonds is 8. The van der Waals surface area contributed by atoms with E-state index in [1.807, 2.05) is 39.2 Å². The van der Waals surface area contributed by atoms with Gasteiger partial charge < -0.3 is 29.5 Å². The summed E-state index contributed by atoms with van der Waals surface area (Å²) in [6, 6.07) is 8.08. The summed E-state index contributed by atoms with van der Waals surface area (Å²) >= 11 is 0. The summed E-state index contributed by atoms with van der Waals surface area (Å²) in [6.45, 7) is 9.94. The van der Waals surface area contributed by atoms with Gasteiger partial charge in [-0.05, 0) is 45.6 Å². The topological polar surface area (TPSA) is 69.6 Å². The van der Waals surface area contributed by atoms with E-state index in [4.69, 9.17) is 14.5 Å². The molecular weight excluding hydrogens is 370 g/mol. The fourth-order valence-electron chi connectivity index (χ4n) is 2.99. The first-order chi connectivity index (χ1) is 14.0. The van der Waals surface area contributed by atoms with Crippen LogP contribution in [0.15, 0.2) is 29.3 Å². The van der Waals surface area contributed by atoms with Crippen LogP contribution in [-0.2, 0) is 11.3 Å². The largest absolute Gasteiger partial charge is 0.492 e. The van der Waals surface area contributed by atoms with Crippen molar-refractivity contribution < 1.29 is 14.3 Å². The monoisotopic (exact) mass is 405 g/mol. The Balaban J connectivity index is 1.93. The van der Waals surface area contributed by atoms with Gasteiger partial charge in [0.2, 0.25) is 0 Å². The Labute approximate surface area is 174 Å². The average molecular weight is 406 g/mol. The molecule has 1 saturated heterocycles. The first-order valence-corrected chi connectivity index (χ1v) is 10.3. The minimum atomic E-state index is -0.236. The summed E-state index contributed by atoms with van der Waals surface area (Å²) in [5, 5.41) is 3.36. The van der Waals surface area contributed by atoms with Crippen molar-refractivity contribution in [2.75, 3.05) is 66.6 Å². The van der Waals surface area contributed by atoms with E-state index in [1.54, 1.807) is 4.90 Å². The molecule has 8 heteroatoms. The number of carbonyl (C=O) groups is 1. The quantitative estimate of drug-likeness (QED) is 0.526. The van der Waals surface area contributed by atoms with Gasteiger partial charge in [0.15, 0.2) is 5.96 Å². The van der Waals surface area contributed by atoms with Gasteiger partial charge >= 0.3 is 6.09 Å². The van der Waals surface area contributed by atoms with E-state index >= 15 is 0 Å². The van der Waals surface area contributed by atoms with Gasteiger partial charge in [0.05, 0.1) is 13.2 Å². The second kappa shape index (κ2) is 12.2. The lowest BCUT2D eigenvalue weighted by molar-refractivity contribution is 0.0914. The normalized spacial score (nSPS) is 14.9. The van der Waals surface area contributed by atoms with Crippen LogP contribution in [-0.4, -0.2) is 93.3 Å². The van der Waals surface area contributed by atoms with E-state index in [-0.39, 0.29) is 6.09 Å². The SMILES string of the molecule is CCNC(=NCc1cccc(OCCN(C)C)c1)N1CCN(C(=O)OCC)CC1. The molecule has 2 rings (SSSR count). The molecule has 1 aromatic rings. The molecule has 162 valence electrons. The van der Waals surface area contributed by atoms with Crippen LogP contribution < -0.4 is 10.1 Å². The Morgan fingerprint density at radius 3 is 2.55 bits per heavy atom. The van der Waals surface area contributed by atoms with Crippen molar-refractivity contribution in [1.82, 2.24) is 20.0 Å². The lowest BCUT2D eigenvalue weighted by Crippen LogP contribution is -2.53. The molecular formula is C21H35N5O3. The number of nitrogens with one attached hydrogen (secondary N) is 1. The molecule has 0 unspecified atom stereocenters. The van der Waals surface area contributed by atoms with E-state index in [9.17, 15) is 4.79 Å². The Hall–Kier alpha value is -2.48. The molecule has 1 fully saturated rings. The number of likely N-dealkylation sites (N-methyl/N-ethyl adjacent to an activating group) is 1. The zero-order valence-electron chi connectivity index (χ0n) is 18.2. The highest BCUT2D eigenvalue weighted by Gasteiger charge is 2.23. The van der Waals surface area contributed by atoms with Crippen LogP contribution in [0.5, 0.6) is 5.75 Å². The first-order valence-electron chi connectivity index (χ1n) is 10.3. The molecule has 1 amide bonds. The summed E-state index contributed by atoms with van der Waals surface area (Å²) < 4.78 is 10.9. The Morgan fingerprint density at radius 2 is 1.90 bits per heavy atom. The number of aliphatic imine (C=N–C) groups is 1. The zero-order valence-corrected chi connectivity index (χ0v) is 18.2. The first kappa shape index (κ1) is 22.8. The number of benzene rings is 1. The van der Waals surface area contributed by atoms with E-state index in [0.29, 0.717) is 32.8 Å². The third kappa shape index (κ3) is 7.81. The molecule has 29 heavy (non-hydrogen) atoms. The number of ether oxygens (including phenoxy) is 2. The smallest absolute Gasteiger partial charge is 0.409 e. The number of piperazine rings is 1. The lowest BCUT2D eigenvalue weighted by Gasteiger charge is -2.35. The number of amides is 1. The number of hydrogen-bond donors (Lipinski definition) is 1. The van der Waals surface area contributed by atoms with Crippen molar-refractivity contribution in [3.63, 3.8) is 0 Å². The van der Waals surface area contributed by atoms with Crippen LogP contribution in [0.3, 0.4) is 0 Å². The van der Waals surface area contributed by atoms with Crippen LogP contribution in [0.2, 0.25) is 0 Å². The van der Waals surface area contributed by atoms with Crippen molar-refractivity contribution in [3.05, 3.63) is 29.8 Å². The summed E-state index contributed by atoms with van der Waals surface area (Å²) in [4.78, 5) is 22.7. The highest BCUT2D eigenvalue weighted by molar-refractivity contribution is 5.80. The van der Waals surface area contributed by atoms with Crippen molar-refractivity contribution in [1.29, 1.82) is 0 Å². The maximum atomic E-state index is 11.9. The minimum absolute atomic E-state index is 0.236. The Morgan fingerprint density at radius 1 is 1.17 bits per heavy atom. The predicted octanol–water partition coefficient (Wildman–Crippen LogP) is 1.87. The van der Waals surface area contributed by atoms with Gasteiger partial charge in [-0.25, -0.2) is 9.79 Å². The van der Waals surface area contributed by atoms with Crippen molar-refractivity contribution in [2.24, 2.45) is 4.99 Å². The van der Waals surface area contributed by atoms with Gasteiger partial charge in [0, 0.05) is 39.3 Å². The number of carbonyl (C=O) groups excluding carboxylic acids is 1. The van der Waals surface area contributed by atoms with E-state index in [2.05, 4.69) is 28.1 Å². The maximum absolute atomic E-state index is 11.9. The second-order valence-electron chi connectivity index (χ2n) is 7.14. The maximum Gasteiger partial charge on any atom is 0.409 e. The molecule has 8 nitrogen and oxygen atoms in total. The predicted molar refractivity (Wildman–Crippen MR) is 115 cm³/mol. The molecule has 1 aliphatic rings. The van der Waals surface area contributed by atoms with Crippen LogP contribution in [0, 0.1) is 0 Å². The van der Waals surface area contributed by atoms with Crippen molar-refractivity contribution >= 4 is 12.1 Å². The zero-order chi connectivity index (χ0) is 21.1. The molecule has 1 heterocycles. The standard InChI is InChI=1S/C21H35N5O3/c1-5-22-20(25-10-12-26(13-11-25)21(27)28-6-2)23-17-18-8-7-9-19(16-18)29-15-14-24(3)4/h7-9,16H,5-6,10-15,17H2,1-4H3,(H,22,23). The molecule has 0 bridgehead atoms. The van der Waals surface area contributed by atoms with Gasteiger partial charge in [-0.1, -0.05) is 12.1 Å². The van der Waals surface area contributed by atoms with Gasteiger partial charge in [0.1, 0.15) is 12.4 Å². The highest BCUT2D eigenvalue weighted by atomic mass is 16.6. The number of hydrogen-bond acceptors (Lipinski definition) is 5. The third-order valence-corrected chi connectivity index (χ3v) is 4.56. The highest BCUT2D eigenvalue weighted by Crippen LogP contribution is 2.14. The van der Waals surface area contributed by atoms with E-state index < -0.39 is 0 Å². The van der Waals surface area contributed by atoms with Crippen LogP contribution in [0.4, 0.5) is 4.79 Å².